The lowest BCUT2D eigenvalue weighted by atomic mass is 10.0. The summed E-state index contributed by atoms with van der Waals surface area (Å²) >= 11 is 0. The third-order valence-corrected chi connectivity index (χ3v) is 3.45. The average molecular weight is 286 g/mol. The fraction of sp³-hybridized carbons (Fsp3) is 0.353. The van der Waals surface area contributed by atoms with E-state index in [1.807, 2.05) is 36.4 Å². The molecule has 0 fully saturated rings. The summed E-state index contributed by atoms with van der Waals surface area (Å²) in [4.78, 5) is 0. The Hall–Kier alpha value is -2.23. The highest BCUT2D eigenvalue weighted by molar-refractivity contribution is 6.10. The number of hydrogen-bond acceptors (Lipinski definition) is 3. The van der Waals surface area contributed by atoms with Crippen LogP contribution < -0.4 is 10.5 Å². The molecule has 112 valence electrons. The van der Waals surface area contributed by atoms with Crippen LogP contribution >= 0.6 is 0 Å². The van der Waals surface area contributed by atoms with E-state index in [1.165, 1.54) is 0 Å². The molecule has 2 rings (SSSR count). The molecule has 0 saturated carbocycles. The van der Waals surface area contributed by atoms with Gasteiger partial charge in [-0.2, -0.15) is 0 Å². The first-order valence-electron chi connectivity index (χ1n) is 7.26. The maximum Gasteiger partial charge on any atom is 0.170 e. The lowest BCUT2D eigenvalue weighted by Gasteiger charge is -2.12. The molecule has 0 bridgehead atoms. The van der Waals surface area contributed by atoms with Gasteiger partial charge in [0.15, 0.2) is 5.84 Å². The number of rotatable bonds is 6. The van der Waals surface area contributed by atoms with Crippen molar-refractivity contribution in [2.24, 2.45) is 16.8 Å². The molecule has 0 aliphatic rings. The third kappa shape index (κ3) is 3.66. The standard InChI is InChI=1S/C17H22N2O2/c1-12(2)6-5-11-21-16-10-9-15(17(18)19-20)13-7-3-4-8-14(13)16/h3-4,7-10,12,20H,5-6,11H2,1-2H3,(H2,18,19). The van der Waals surface area contributed by atoms with E-state index >= 15 is 0 Å². The first kappa shape index (κ1) is 15.2. The average Bonchev–Trinajstić information content (AvgIpc) is 2.50. The number of oxime groups is 1. The number of nitrogens with zero attached hydrogens (tertiary/aromatic N) is 1. The van der Waals surface area contributed by atoms with Crippen molar-refractivity contribution in [3.63, 3.8) is 0 Å². The van der Waals surface area contributed by atoms with Gasteiger partial charge in [-0.15, -0.1) is 0 Å². The van der Waals surface area contributed by atoms with Gasteiger partial charge in [-0.25, -0.2) is 0 Å². The monoisotopic (exact) mass is 286 g/mol. The minimum atomic E-state index is 0.109. The Balaban J connectivity index is 2.26. The molecular weight excluding hydrogens is 264 g/mol. The minimum Gasteiger partial charge on any atom is -0.493 e. The van der Waals surface area contributed by atoms with Gasteiger partial charge >= 0.3 is 0 Å². The molecule has 0 aromatic heterocycles. The van der Waals surface area contributed by atoms with Gasteiger partial charge in [-0.1, -0.05) is 43.3 Å². The van der Waals surface area contributed by atoms with Crippen molar-refractivity contribution < 1.29 is 9.94 Å². The summed E-state index contributed by atoms with van der Waals surface area (Å²) in [6.07, 6.45) is 2.19. The van der Waals surface area contributed by atoms with E-state index in [0.717, 1.165) is 29.4 Å². The molecule has 0 saturated heterocycles. The summed E-state index contributed by atoms with van der Waals surface area (Å²) in [6.45, 7) is 5.12. The second-order valence-electron chi connectivity index (χ2n) is 5.53. The van der Waals surface area contributed by atoms with Gasteiger partial charge in [0.05, 0.1) is 6.61 Å². The Kier molecular flexibility index (Phi) is 5.04. The minimum absolute atomic E-state index is 0.109. The van der Waals surface area contributed by atoms with Gasteiger partial charge in [0.25, 0.3) is 0 Å². The SMILES string of the molecule is CC(C)CCCOc1ccc(/C(N)=N/O)c2ccccc12. The molecule has 2 aromatic rings. The number of hydrogen-bond donors (Lipinski definition) is 2. The highest BCUT2D eigenvalue weighted by atomic mass is 16.5. The fourth-order valence-corrected chi connectivity index (χ4v) is 2.35. The smallest absolute Gasteiger partial charge is 0.170 e. The Labute approximate surface area is 125 Å². The van der Waals surface area contributed by atoms with Crippen LogP contribution in [0.1, 0.15) is 32.3 Å². The maximum atomic E-state index is 8.87. The van der Waals surface area contributed by atoms with Gasteiger partial charge in [-0.3, -0.25) is 0 Å². The lowest BCUT2D eigenvalue weighted by molar-refractivity contribution is 0.301. The summed E-state index contributed by atoms with van der Waals surface area (Å²) < 4.78 is 5.89. The molecule has 0 unspecified atom stereocenters. The molecule has 21 heavy (non-hydrogen) atoms. The van der Waals surface area contributed by atoms with Crippen LogP contribution in [0.15, 0.2) is 41.6 Å². The summed E-state index contributed by atoms with van der Waals surface area (Å²) in [6, 6.07) is 11.5. The van der Waals surface area contributed by atoms with E-state index in [0.29, 0.717) is 18.1 Å². The predicted molar refractivity (Wildman–Crippen MR) is 86.0 cm³/mol. The molecule has 4 heteroatoms. The largest absolute Gasteiger partial charge is 0.493 e. The van der Waals surface area contributed by atoms with Crippen LogP contribution in [0.5, 0.6) is 5.75 Å². The topological polar surface area (TPSA) is 67.8 Å². The molecule has 0 spiro atoms. The van der Waals surface area contributed by atoms with Gasteiger partial charge in [-0.05, 0) is 36.3 Å². The van der Waals surface area contributed by atoms with Crippen LogP contribution in [0.25, 0.3) is 10.8 Å². The number of fused-ring (bicyclic) bond motifs is 1. The fourth-order valence-electron chi connectivity index (χ4n) is 2.35. The third-order valence-electron chi connectivity index (χ3n) is 3.45. The Morgan fingerprint density at radius 2 is 1.90 bits per heavy atom. The molecule has 0 aliphatic carbocycles. The van der Waals surface area contributed by atoms with Crippen molar-refractivity contribution in [1.82, 2.24) is 0 Å². The summed E-state index contributed by atoms with van der Waals surface area (Å²) in [5.74, 6) is 1.63. The van der Waals surface area contributed by atoms with Crippen molar-refractivity contribution in [3.8, 4) is 5.75 Å². The molecule has 0 atom stereocenters. The number of nitrogens with two attached hydrogens (primary N) is 1. The van der Waals surface area contributed by atoms with Crippen LogP contribution in [-0.2, 0) is 0 Å². The van der Waals surface area contributed by atoms with Gasteiger partial charge in [0, 0.05) is 10.9 Å². The van der Waals surface area contributed by atoms with Crippen molar-refractivity contribution in [2.75, 3.05) is 6.61 Å². The van der Waals surface area contributed by atoms with Gasteiger partial charge in [0.1, 0.15) is 5.75 Å². The summed E-state index contributed by atoms with van der Waals surface area (Å²) in [5.41, 5.74) is 6.44. The van der Waals surface area contributed by atoms with Crippen LogP contribution in [0, 0.1) is 5.92 Å². The van der Waals surface area contributed by atoms with Crippen molar-refractivity contribution in [1.29, 1.82) is 0 Å². The second-order valence-corrected chi connectivity index (χ2v) is 5.53. The number of amidine groups is 1. The van der Waals surface area contributed by atoms with Crippen molar-refractivity contribution in [2.45, 2.75) is 26.7 Å². The van der Waals surface area contributed by atoms with Crippen LogP contribution in [0.3, 0.4) is 0 Å². The first-order valence-corrected chi connectivity index (χ1v) is 7.26. The van der Waals surface area contributed by atoms with Gasteiger partial charge in [0.2, 0.25) is 0 Å². The van der Waals surface area contributed by atoms with Gasteiger partial charge < -0.3 is 15.7 Å². The van der Waals surface area contributed by atoms with Crippen molar-refractivity contribution in [3.05, 3.63) is 42.0 Å². The quantitative estimate of drug-likeness (QED) is 0.279. The van der Waals surface area contributed by atoms with E-state index in [9.17, 15) is 0 Å². The zero-order chi connectivity index (χ0) is 15.2. The van der Waals surface area contributed by atoms with E-state index in [4.69, 9.17) is 15.7 Å². The summed E-state index contributed by atoms with van der Waals surface area (Å²) in [5, 5.41) is 13.9. The molecular formula is C17H22N2O2. The molecule has 2 aromatic carbocycles. The Bertz CT molecular complexity index is 636. The van der Waals surface area contributed by atoms with E-state index in [1.54, 1.807) is 0 Å². The molecule has 0 amide bonds. The van der Waals surface area contributed by atoms with Crippen LogP contribution in [0.4, 0.5) is 0 Å². The highest BCUT2D eigenvalue weighted by Crippen LogP contribution is 2.28. The number of benzene rings is 2. The van der Waals surface area contributed by atoms with E-state index < -0.39 is 0 Å². The zero-order valence-corrected chi connectivity index (χ0v) is 12.5. The maximum absolute atomic E-state index is 8.87. The van der Waals surface area contributed by atoms with E-state index in [-0.39, 0.29) is 5.84 Å². The van der Waals surface area contributed by atoms with Crippen LogP contribution in [0.2, 0.25) is 0 Å². The lowest BCUT2D eigenvalue weighted by Crippen LogP contribution is -2.13. The highest BCUT2D eigenvalue weighted by Gasteiger charge is 2.09. The number of ether oxygens (including phenoxy) is 1. The first-order chi connectivity index (χ1) is 10.1. The molecule has 0 aliphatic heterocycles. The van der Waals surface area contributed by atoms with E-state index in [2.05, 4.69) is 19.0 Å². The van der Waals surface area contributed by atoms with Crippen LogP contribution in [-0.4, -0.2) is 17.6 Å². The molecule has 3 N–H and O–H groups in total. The Morgan fingerprint density at radius 3 is 2.57 bits per heavy atom. The Morgan fingerprint density at radius 1 is 1.19 bits per heavy atom. The molecule has 4 nitrogen and oxygen atoms in total. The molecule has 0 heterocycles. The second kappa shape index (κ2) is 6.97. The van der Waals surface area contributed by atoms with Crippen molar-refractivity contribution >= 4 is 16.6 Å². The zero-order valence-electron chi connectivity index (χ0n) is 12.5. The molecule has 0 radical (unpaired) electrons. The predicted octanol–water partition coefficient (Wildman–Crippen LogP) is 3.75. The normalized spacial score (nSPS) is 12.0. The summed E-state index contributed by atoms with van der Waals surface area (Å²) in [7, 11) is 0.